The topological polar surface area (TPSA) is 62.1 Å². The number of nitrogens with zero attached hydrogens (tertiary/aromatic N) is 3. The molecule has 0 N–H and O–H groups in total. The van der Waals surface area contributed by atoms with Crippen molar-refractivity contribution >= 4 is 55.9 Å². The highest BCUT2D eigenvalue weighted by Gasteiger charge is 2.32. The summed E-state index contributed by atoms with van der Waals surface area (Å²) < 4.78 is 29.9. The second-order valence-electron chi connectivity index (χ2n) is 7.05. The van der Waals surface area contributed by atoms with Gasteiger partial charge in [0.25, 0.3) is 10.0 Å². The zero-order valence-corrected chi connectivity index (χ0v) is 20.2. The average molecular weight is 504 g/mol. The van der Waals surface area contributed by atoms with Crippen molar-refractivity contribution in [1.29, 1.82) is 0 Å². The van der Waals surface area contributed by atoms with E-state index in [0.717, 1.165) is 16.8 Å². The van der Waals surface area contributed by atoms with Gasteiger partial charge in [0.15, 0.2) is 5.17 Å². The van der Waals surface area contributed by atoms with E-state index in [4.69, 9.17) is 28.3 Å². The first kappa shape index (κ1) is 22.9. The van der Waals surface area contributed by atoms with Crippen molar-refractivity contribution in [2.45, 2.75) is 10.8 Å². The normalized spacial score (nSPS) is 16.8. The number of hydrogen-bond acceptors (Lipinski definition) is 4. The van der Waals surface area contributed by atoms with Gasteiger partial charge in [-0.1, -0.05) is 83.5 Å². The van der Waals surface area contributed by atoms with Gasteiger partial charge in [0, 0.05) is 16.0 Å². The quantitative estimate of drug-likeness (QED) is 0.328. The van der Waals surface area contributed by atoms with Crippen LogP contribution in [-0.2, 0) is 10.0 Å². The van der Waals surface area contributed by atoms with E-state index in [0.29, 0.717) is 16.6 Å². The Bertz CT molecular complexity index is 1280. The van der Waals surface area contributed by atoms with Crippen LogP contribution in [0.1, 0.15) is 17.0 Å². The first-order valence-electron chi connectivity index (χ1n) is 9.69. The molecule has 32 heavy (non-hydrogen) atoms. The van der Waals surface area contributed by atoms with Gasteiger partial charge in [0.2, 0.25) is 0 Å². The second kappa shape index (κ2) is 9.67. The van der Waals surface area contributed by atoms with Gasteiger partial charge in [-0.3, -0.25) is 0 Å². The number of halogens is 2. The molecule has 9 heteroatoms. The highest BCUT2D eigenvalue weighted by Crippen LogP contribution is 2.31. The molecule has 3 aromatic rings. The van der Waals surface area contributed by atoms with Crippen molar-refractivity contribution < 1.29 is 8.42 Å². The summed E-state index contributed by atoms with van der Waals surface area (Å²) in [6.45, 7) is 0.465. The average Bonchev–Trinajstić information content (AvgIpc) is 3.24. The number of hydrazone groups is 1. The van der Waals surface area contributed by atoms with Gasteiger partial charge >= 0.3 is 0 Å². The molecule has 0 radical (unpaired) electrons. The van der Waals surface area contributed by atoms with Crippen LogP contribution < -0.4 is 0 Å². The number of thioether (sulfide) groups is 1. The molecule has 0 fully saturated rings. The summed E-state index contributed by atoms with van der Waals surface area (Å²) in [5.41, 5.74) is 2.83. The zero-order valence-electron chi connectivity index (χ0n) is 17.0. The fourth-order valence-corrected chi connectivity index (χ4v) is 5.65. The molecule has 1 heterocycles. The molecule has 1 aliphatic rings. The minimum Gasteiger partial charge on any atom is -0.240 e. The highest BCUT2D eigenvalue weighted by atomic mass is 35.5. The minimum absolute atomic E-state index is 0.0391. The molecule has 1 aliphatic heterocycles. The Kier molecular flexibility index (Phi) is 6.90. The summed E-state index contributed by atoms with van der Waals surface area (Å²) in [5.74, 6) is -0.0522. The summed E-state index contributed by atoms with van der Waals surface area (Å²) >= 11 is 13.3. The van der Waals surface area contributed by atoms with E-state index in [1.54, 1.807) is 23.4 Å². The van der Waals surface area contributed by atoms with Crippen LogP contribution in [0.15, 0.2) is 93.3 Å². The summed E-state index contributed by atoms with van der Waals surface area (Å²) in [4.78, 5) is 0.0391. The predicted molar refractivity (Wildman–Crippen MR) is 133 cm³/mol. The molecule has 0 saturated heterocycles. The summed E-state index contributed by atoms with van der Waals surface area (Å²) in [6.07, 6.45) is 1.78. The van der Waals surface area contributed by atoms with E-state index in [2.05, 4.69) is 4.40 Å². The van der Waals surface area contributed by atoms with Crippen LogP contribution >= 0.6 is 35.0 Å². The smallest absolute Gasteiger partial charge is 0.240 e. The van der Waals surface area contributed by atoms with Gasteiger partial charge < -0.3 is 0 Å². The van der Waals surface area contributed by atoms with Crippen molar-refractivity contribution in [1.82, 2.24) is 5.01 Å². The second-order valence-corrected chi connectivity index (χ2v) is 10.3. The third-order valence-electron chi connectivity index (χ3n) is 4.95. The largest absolute Gasteiger partial charge is 0.284 e. The zero-order chi connectivity index (χ0) is 22.7. The predicted octanol–water partition coefficient (Wildman–Crippen LogP) is 5.90. The molecule has 1 atom stereocenters. The van der Waals surface area contributed by atoms with Crippen molar-refractivity contribution in [3.8, 4) is 0 Å². The molecule has 0 spiro atoms. The van der Waals surface area contributed by atoms with E-state index in [9.17, 15) is 8.42 Å². The monoisotopic (exact) mass is 503 g/mol. The molecule has 0 saturated carbocycles. The van der Waals surface area contributed by atoms with Gasteiger partial charge in [0.05, 0.1) is 17.2 Å². The van der Waals surface area contributed by atoms with Gasteiger partial charge in [-0.25, -0.2) is 5.01 Å². The molecule has 164 valence electrons. The molecule has 0 aliphatic carbocycles. The van der Waals surface area contributed by atoms with Gasteiger partial charge in [-0.05, 0) is 47.7 Å². The lowest BCUT2D eigenvalue weighted by molar-refractivity contribution is 0.484. The molecular formula is C23H19Cl2N3O2S2. The lowest BCUT2D eigenvalue weighted by Gasteiger charge is -2.17. The number of sulfonamides is 1. The Morgan fingerprint density at radius 3 is 2.38 bits per heavy atom. The third-order valence-corrected chi connectivity index (χ3v) is 7.48. The van der Waals surface area contributed by atoms with Crippen LogP contribution in [0.3, 0.4) is 0 Å². The Labute approximate surface area is 201 Å². The molecule has 0 bridgehead atoms. The standard InChI is InChI=1S/C23H19Cl2N3O2S2/c1-31-23(27-32(29,30)20-9-5-8-19(25)14-20)28-15-21(16-6-3-2-4-7-16)22(26-28)17-10-12-18(24)13-11-17/h2-14,21H,15H2,1H3. The van der Waals surface area contributed by atoms with Gasteiger partial charge in [-0.2, -0.15) is 13.5 Å². The van der Waals surface area contributed by atoms with E-state index in [1.165, 1.54) is 23.9 Å². The Hall–Kier alpha value is -2.32. The minimum atomic E-state index is -3.95. The maximum absolute atomic E-state index is 12.9. The maximum Gasteiger partial charge on any atom is 0.284 e. The summed E-state index contributed by atoms with van der Waals surface area (Å²) in [6, 6.07) is 23.5. The molecule has 0 amide bonds. The molecular weight excluding hydrogens is 485 g/mol. The first-order chi connectivity index (χ1) is 15.4. The van der Waals surface area contributed by atoms with Crippen molar-refractivity contribution in [2.24, 2.45) is 9.50 Å². The fourth-order valence-electron chi connectivity index (χ4n) is 3.42. The lowest BCUT2D eigenvalue weighted by Crippen LogP contribution is -2.24. The molecule has 1 unspecified atom stereocenters. The SMILES string of the molecule is CSC(=NS(=O)(=O)c1cccc(Cl)c1)N1CC(c2ccccc2)C(c2ccc(Cl)cc2)=N1. The maximum atomic E-state index is 12.9. The van der Waals surface area contributed by atoms with E-state index >= 15 is 0 Å². The van der Waals surface area contributed by atoms with Crippen molar-refractivity contribution in [3.05, 3.63) is 100 Å². The number of amidine groups is 1. The van der Waals surface area contributed by atoms with Crippen LogP contribution in [0.2, 0.25) is 10.0 Å². The molecule has 5 nitrogen and oxygen atoms in total. The van der Waals surface area contributed by atoms with Gasteiger partial charge in [0.1, 0.15) is 0 Å². The van der Waals surface area contributed by atoms with Crippen LogP contribution in [0.5, 0.6) is 0 Å². The number of hydrogen-bond donors (Lipinski definition) is 0. The van der Waals surface area contributed by atoms with Gasteiger partial charge in [-0.15, -0.1) is 4.40 Å². The van der Waals surface area contributed by atoms with Crippen molar-refractivity contribution in [2.75, 3.05) is 12.8 Å². The molecule has 3 aromatic carbocycles. The fraction of sp³-hybridized carbons (Fsp3) is 0.130. The van der Waals surface area contributed by atoms with Crippen molar-refractivity contribution in [3.63, 3.8) is 0 Å². The highest BCUT2D eigenvalue weighted by molar-refractivity contribution is 8.13. The third kappa shape index (κ3) is 5.02. The summed E-state index contributed by atoms with van der Waals surface area (Å²) in [5, 5.41) is 7.68. The van der Waals surface area contributed by atoms with Crippen LogP contribution in [0.4, 0.5) is 0 Å². The Morgan fingerprint density at radius 1 is 1.00 bits per heavy atom. The Morgan fingerprint density at radius 2 is 1.72 bits per heavy atom. The van der Waals surface area contributed by atoms with Crippen LogP contribution in [-0.4, -0.2) is 37.1 Å². The molecule has 0 aromatic heterocycles. The molecule has 4 rings (SSSR count). The van der Waals surface area contributed by atoms with Crippen LogP contribution in [0, 0.1) is 0 Å². The number of rotatable bonds is 4. The summed E-state index contributed by atoms with van der Waals surface area (Å²) in [7, 11) is -3.95. The Balaban J connectivity index is 1.74. The van der Waals surface area contributed by atoms with E-state index in [1.807, 2.05) is 54.6 Å². The number of benzene rings is 3. The van der Waals surface area contributed by atoms with E-state index < -0.39 is 10.0 Å². The first-order valence-corrected chi connectivity index (χ1v) is 13.1. The van der Waals surface area contributed by atoms with E-state index in [-0.39, 0.29) is 16.0 Å². The lowest BCUT2D eigenvalue weighted by atomic mass is 9.91. The van der Waals surface area contributed by atoms with Crippen LogP contribution in [0.25, 0.3) is 0 Å².